The number of methoxy groups -OCH3 is 1. The van der Waals surface area contributed by atoms with Crippen molar-refractivity contribution in [3.63, 3.8) is 0 Å². The highest BCUT2D eigenvalue weighted by Gasteiger charge is 2.29. The Bertz CT molecular complexity index is 577. The minimum atomic E-state index is -0.781. The Morgan fingerprint density at radius 1 is 1.32 bits per heavy atom. The van der Waals surface area contributed by atoms with Crippen molar-refractivity contribution in [1.82, 2.24) is 10.2 Å². The number of halogens is 1. The number of nitrogens with one attached hydrogen (secondary N) is 1. The van der Waals surface area contributed by atoms with E-state index in [1.165, 1.54) is 0 Å². The molecule has 7 heteroatoms. The maximum absolute atomic E-state index is 12.4. The van der Waals surface area contributed by atoms with Crippen LogP contribution in [-0.2, 0) is 9.59 Å². The number of hydrogen-bond donors (Lipinski definition) is 2. The SMILES string of the molecule is COc1ccc(C(NC(=O)CN2CCC(C(=O)O)C2)C(C)C)cc1.Cl. The summed E-state index contributed by atoms with van der Waals surface area (Å²) in [6, 6.07) is 7.60. The van der Waals surface area contributed by atoms with E-state index in [-0.39, 0.29) is 42.7 Å². The van der Waals surface area contributed by atoms with Gasteiger partial charge in [0.1, 0.15) is 5.75 Å². The molecule has 0 aromatic heterocycles. The number of carboxylic acids is 1. The Balaban J connectivity index is 0.00000312. The van der Waals surface area contributed by atoms with E-state index in [1.54, 1.807) is 7.11 Å². The second-order valence-electron chi connectivity index (χ2n) is 6.62. The fourth-order valence-electron chi connectivity index (χ4n) is 3.05. The predicted octanol–water partition coefficient (Wildman–Crippen LogP) is 2.34. The maximum atomic E-state index is 12.4. The van der Waals surface area contributed by atoms with E-state index in [2.05, 4.69) is 19.2 Å². The zero-order valence-corrected chi connectivity index (χ0v) is 15.7. The quantitative estimate of drug-likeness (QED) is 0.770. The highest BCUT2D eigenvalue weighted by atomic mass is 35.5. The van der Waals surface area contributed by atoms with Gasteiger partial charge in [0.2, 0.25) is 5.91 Å². The van der Waals surface area contributed by atoms with E-state index in [9.17, 15) is 9.59 Å². The average molecular weight is 371 g/mol. The summed E-state index contributed by atoms with van der Waals surface area (Å²) in [5.41, 5.74) is 1.03. The minimum Gasteiger partial charge on any atom is -0.497 e. The monoisotopic (exact) mass is 370 g/mol. The third kappa shape index (κ3) is 5.90. The normalized spacial score (nSPS) is 18.5. The lowest BCUT2D eigenvalue weighted by Gasteiger charge is -2.24. The second kappa shape index (κ2) is 9.63. The summed E-state index contributed by atoms with van der Waals surface area (Å²) in [5, 5.41) is 12.1. The highest BCUT2D eigenvalue weighted by molar-refractivity contribution is 5.85. The predicted molar refractivity (Wildman–Crippen MR) is 98.1 cm³/mol. The summed E-state index contributed by atoms with van der Waals surface area (Å²) in [6.07, 6.45) is 0.606. The van der Waals surface area contributed by atoms with Crippen LogP contribution < -0.4 is 10.1 Å². The third-order valence-corrected chi connectivity index (χ3v) is 4.45. The largest absolute Gasteiger partial charge is 0.497 e. The molecule has 0 spiro atoms. The Morgan fingerprint density at radius 3 is 2.44 bits per heavy atom. The Hall–Kier alpha value is -1.79. The van der Waals surface area contributed by atoms with Crippen LogP contribution in [0.15, 0.2) is 24.3 Å². The third-order valence-electron chi connectivity index (χ3n) is 4.45. The van der Waals surface area contributed by atoms with Gasteiger partial charge in [-0.05, 0) is 36.6 Å². The molecule has 0 bridgehead atoms. The summed E-state index contributed by atoms with van der Waals surface area (Å²) in [7, 11) is 1.62. The highest BCUT2D eigenvalue weighted by Crippen LogP contribution is 2.24. The first kappa shape index (κ1) is 21.3. The molecule has 1 aliphatic rings. The number of amides is 1. The van der Waals surface area contributed by atoms with Gasteiger partial charge in [0.05, 0.1) is 25.6 Å². The number of carbonyl (C=O) groups excluding carboxylic acids is 1. The van der Waals surface area contributed by atoms with Crippen molar-refractivity contribution in [2.24, 2.45) is 11.8 Å². The number of nitrogens with zero attached hydrogens (tertiary/aromatic N) is 1. The van der Waals surface area contributed by atoms with Gasteiger partial charge in [-0.2, -0.15) is 0 Å². The van der Waals surface area contributed by atoms with Crippen molar-refractivity contribution in [2.75, 3.05) is 26.7 Å². The first-order valence-corrected chi connectivity index (χ1v) is 8.29. The van der Waals surface area contributed by atoms with Crippen molar-refractivity contribution < 1.29 is 19.4 Å². The minimum absolute atomic E-state index is 0. The van der Waals surface area contributed by atoms with E-state index in [0.29, 0.717) is 19.5 Å². The number of benzene rings is 1. The number of likely N-dealkylation sites (tertiary alicyclic amines) is 1. The molecule has 2 N–H and O–H groups in total. The smallest absolute Gasteiger partial charge is 0.307 e. The number of carboxylic acid groups (broad SMARTS) is 1. The lowest BCUT2D eigenvalue weighted by molar-refractivity contribution is -0.141. The van der Waals surface area contributed by atoms with Gasteiger partial charge >= 0.3 is 5.97 Å². The van der Waals surface area contributed by atoms with Crippen molar-refractivity contribution in [2.45, 2.75) is 26.3 Å². The van der Waals surface area contributed by atoms with E-state index >= 15 is 0 Å². The standard InChI is InChI=1S/C18H26N2O4.ClH/c1-12(2)17(13-4-6-15(24-3)7-5-13)19-16(21)11-20-9-8-14(10-20)18(22)23;/h4-7,12,14,17H,8-11H2,1-3H3,(H,19,21)(H,22,23);1H. The van der Waals surface area contributed by atoms with Crippen molar-refractivity contribution in [1.29, 1.82) is 0 Å². The molecule has 1 saturated heterocycles. The van der Waals surface area contributed by atoms with E-state index < -0.39 is 5.97 Å². The molecule has 140 valence electrons. The van der Waals surface area contributed by atoms with Gasteiger partial charge in [-0.15, -0.1) is 12.4 Å². The van der Waals surface area contributed by atoms with Crippen LogP contribution in [-0.4, -0.2) is 48.6 Å². The van der Waals surface area contributed by atoms with E-state index in [0.717, 1.165) is 11.3 Å². The van der Waals surface area contributed by atoms with Crippen LogP contribution >= 0.6 is 12.4 Å². The lowest BCUT2D eigenvalue weighted by Crippen LogP contribution is -2.39. The first-order valence-electron chi connectivity index (χ1n) is 8.29. The van der Waals surface area contributed by atoms with Crippen molar-refractivity contribution in [3.05, 3.63) is 29.8 Å². The first-order chi connectivity index (χ1) is 11.4. The fourth-order valence-corrected chi connectivity index (χ4v) is 3.05. The number of hydrogen-bond acceptors (Lipinski definition) is 4. The molecule has 1 aromatic carbocycles. The van der Waals surface area contributed by atoms with Gasteiger partial charge in [-0.1, -0.05) is 26.0 Å². The maximum Gasteiger partial charge on any atom is 0.307 e. The molecule has 0 radical (unpaired) electrons. The molecule has 2 atom stereocenters. The van der Waals surface area contributed by atoms with Crippen molar-refractivity contribution >= 4 is 24.3 Å². The lowest BCUT2D eigenvalue weighted by atomic mass is 9.96. The molecular formula is C18H27ClN2O4. The molecule has 2 unspecified atom stereocenters. The summed E-state index contributed by atoms with van der Waals surface area (Å²) >= 11 is 0. The van der Waals surface area contributed by atoms with E-state index in [1.807, 2.05) is 29.2 Å². The van der Waals surface area contributed by atoms with Gasteiger partial charge in [0.15, 0.2) is 0 Å². The van der Waals surface area contributed by atoms with Crippen LogP contribution in [0, 0.1) is 11.8 Å². The molecule has 1 amide bonds. The molecule has 1 fully saturated rings. The molecule has 25 heavy (non-hydrogen) atoms. The number of rotatable bonds is 7. The number of ether oxygens (including phenoxy) is 1. The van der Waals surface area contributed by atoms with Crippen LogP contribution in [0.1, 0.15) is 31.9 Å². The zero-order valence-electron chi connectivity index (χ0n) is 14.9. The Morgan fingerprint density at radius 2 is 1.96 bits per heavy atom. The van der Waals surface area contributed by atoms with Crippen LogP contribution in [0.4, 0.5) is 0 Å². The van der Waals surface area contributed by atoms with Gasteiger partial charge in [-0.25, -0.2) is 0 Å². The summed E-state index contributed by atoms with van der Waals surface area (Å²) < 4.78 is 5.17. The molecule has 6 nitrogen and oxygen atoms in total. The summed E-state index contributed by atoms with van der Waals surface area (Å²) in [4.78, 5) is 25.3. The molecule has 1 aromatic rings. The van der Waals surface area contributed by atoms with Gasteiger partial charge < -0.3 is 15.2 Å². The van der Waals surface area contributed by atoms with Crippen molar-refractivity contribution in [3.8, 4) is 5.75 Å². The average Bonchev–Trinajstić information content (AvgIpc) is 3.01. The number of carbonyl (C=O) groups is 2. The molecule has 1 aliphatic heterocycles. The Labute approximate surface area is 154 Å². The molecular weight excluding hydrogens is 344 g/mol. The van der Waals surface area contributed by atoms with Gasteiger partial charge in [0, 0.05) is 6.54 Å². The zero-order chi connectivity index (χ0) is 17.7. The second-order valence-corrected chi connectivity index (χ2v) is 6.62. The molecule has 0 saturated carbocycles. The van der Waals surface area contributed by atoms with Crippen LogP contribution in [0.5, 0.6) is 5.75 Å². The molecule has 0 aliphatic carbocycles. The molecule has 1 heterocycles. The Kier molecular flexibility index (Phi) is 8.19. The number of aliphatic carboxylic acids is 1. The van der Waals surface area contributed by atoms with Crippen LogP contribution in [0.3, 0.4) is 0 Å². The van der Waals surface area contributed by atoms with E-state index in [4.69, 9.17) is 9.84 Å². The van der Waals surface area contributed by atoms with Gasteiger partial charge in [-0.3, -0.25) is 14.5 Å². The summed E-state index contributed by atoms with van der Waals surface area (Å²) in [6.45, 7) is 5.46. The molecule has 2 rings (SSSR count). The summed E-state index contributed by atoms with van der Waals surface area (Å²) in [5.74, 6) is -0.191. The van der Waals surface area contributed by atoms with Crippen LogP contribution in [0.2, 0.25) is 0 Å². The topological polar surface area (TPSA) is 78.9 Å². The fraction of sp³-hybridized carbons (Fsp3) is 0.556. The van der Waals surface area contributed by atoms with Gasteiger partial charge in [0.25, 0.3) is 0 Å². The van der Waals surface area contributed by atoms with Crippen LogP contribution in [0.25, 0.3) is 0 Å².